The number of carbonyl (C=O) groups is 2. The molecular formula is C17H21N3O3. The highest BCUT2D eigenvalue weighted by molar-refractivity contribution is 5.99. The van der Waals surface area contributed by atoms with E-state index in [1.807, 2.05) is 0 Å². The van der Waals surface area contributed by atoms with Crippen LogP contribution in [0.2, 0.25) is 0 Å². The van der Waals surface area contributed by atoms with Gasteiger partial charge in [0.05, 0.1) is 23.9 Å². The molecule has 0 aliphatic rings. The lowest BCUT2D eigenvalue weighted by atomic mass is 10.1. The number of aromatic nitrogens is 1. The quantitative estimate of drug-likeness (QED) is 0.821. The number of nitrogens with one attached hydrogen (secondary N) is 2. The molecule has 122 valence electrons. The van der Waals surface area contributed by atoms with E-state index >= 15 is 0 Å². The van der Waals surface area contributed by atoms with Crippen molar-refractivity contribution in [3.8, 4) is 0 Å². The zero-order chi connectivity index (χ0) is 16.7. The fraction of sp³-hybridized carbons (Fsp3) is 0.353. The van der Waals surface area contributed by atoms with Crippen molar-refractivity contribution in [2.75, 3.05) is 6.54 Å². The molecule has 0 atom stereocenters. The van der Waals surface area contributed by atoms with Crippen LogP contribution in [-0.2, 0) is 6.54 Å². The lowest BCUT2D eigenvalue weighted by Crippen LogP contribution is -2.27. The first-order valence-electron chi connectivity index (χ1n) is 7.60. The Morgan fingerprint density at radius 2 is 1.87 bits per heavy atom. The van der Waals surface area contributed by atoms with Crippen LogP contribution in [0, 0.1) is 5.92 Å². The van der Waals surface area contributed by atoms with Crippen LogP contribution in [0.25, 0.3) is 0 Å². The van der Waals surface area contributed by atoms with Crippen LogP contribution in [0.3, 0.4) is 0 Å². The van der Waals surface area contributed by atoms with Crippen LogP contribution in [0.5, 0.6) is 0 Å². The Morgan fingerprint density at radius 3 is 2.48 bits per heavy atom. The van der Waals surface area contributed by atoms with Gasteiger partial charge < -0.3 is 15.1 Å². The van der Waals surface area contributed by atoms with Gasteiger partial charge in [0.1, 0.15) is 5.76 Å². The number of furan rings is 1. The molecule has 0 bridgehead atoms. The molecule has 0 saturated carbocycles. The normalized spacial score (nSPS) is 10.6. The lowest BCUT2D eigenvalue weighted by Gasteiger charge is -2.08. The summed E-state index contributed by atoms with van der Waals surface area (Å²) in [5.74, 6) is 0.658. The molecule has 0 aliphatic heterocycles. The Bertz CT molecular complexity index is 651. The number of carbonyl (C=O) groups excluding carboxylic acids is 2. The van der Waals surface area contributed by atoms with E-state index in [-0.39, 0.29) is 18.4 Å². The third-order valence-corrected chi connectivity index (χ3v) is 3.27. The topological polar surface area (TPSA) is 84.2 Å². The third kappa shape index (κ3) is 5.25. The maximum absolute atomic E-state index is 12.1. The second-order valence-corrected chi connectivity index (χ2v) is 5.66. The SMILES string of the molecule is CC(C)CCNC(=O)c1cncc(C(=O)NCc2ccco2)c1. The first-order chi connectivity index (χ1) is 11.1. The smallest absolute Gasteiger partial charge is 0.253 e. The van der Waals surface area contributed by atoms with Gasteiger partial charge in [-0.15, -0.1) is 0 Å². The summed E-state index contributed by atoms with van der Waals surface area (Å²) in [5, 5.41) is 5.55. The number of amides is 2. The molecule has 0 saturated heterocycles. The molecule has 0 aliphatic carbocycles. The summed E-state index contributed by atoms with van der Waals surface area (Å²) in [7, 11) is 0. The van der Waals surface area contributed by atoms with Gasteiger partial charge >= 0.3 is 0 Å². The number of rotatable bonds is 7. The van der Waals surface area contributed by atoms with Crippen molar-refractivity contribution in [1.29, 1.82) is 0 Å². The predicted octanol–water partition coefficient (Wildman–Crippen LogP) is 2.38. The molecule has 0 aromatic carbocycles. The van der Waals surface area contributed by atoms with Crippen LogP contribution in [0.1, 0.15) is 46.7 Å². The van der Waals surface area contributed by atoms with E-state index < -0.39 is 0 Å². The first kappa shape index (κ1) is 16.7. The maximum atomic E-state index is 12.1. The summed E-state index contributed by atoms with van der Waals surface area (Å²) in [6, 6.07) is 5.07. The van der Waals surface area contributed by atoms with Crippen molar-refractivity contribution in [3.05, 3.63) is 53.7 Å². The molecular weight excluding hydrogens is 294 g/mol. The first-order valence-corrected chi connectivity index (χ1v) is 7.60. The minimum absolute atomic E-state index is 0.223. The average Bonchev–Trinajstić information content (AvgIpc) is 3.05. The Hall–Kier alpha value is -2.63. The fourth-order valence-electron chi connectivity index (χ4n) is 1.95. The highest BCUT2D eigenvalue weighted by atomic mass is 16.3. The largest absolute Gasteiger partial charge is 0.467 e. The standard InChI is InChI=1S/C17H21N3O3/c1-12(2)5-6-19-16(21)13-8-14(10-18-9-13)17(22)20-11-15-4-3-7-23-15/h3-4,7-10,12H,5-6,11H2,1-2H3,(H,19,21)(H,20,22). The summed E-state index contributed by atoms with van der Waals surface area (Å²) >= 11 is 0. The monoisotopic (exact) mass is 315 g/mol. The molecule has 0 radical (unpaired) electrons. The van der Waals surface area contributed by atoms with Crippen LogP contribution in [-0.4, -0.2) is 23.3 Å². The van der Waals surface area contributed by atoms with Crippen molar-refractivity contribution in [1.82, 2.24) is 15.6 Å². The fourth-order valence-corrected chi connectivity index (χ4v) is 1.95. The number of hydrogen-bond acceptors (Lipinski definition) is 4. The third-order valence-electron chi connectivity index (χ3n) is 3.27. The van der Waals surface area contributed by atoms with E-state index in [0.29, 0.717) is 29.3 Å². The van der Waals surface area contributed by atoms with Gasteiger partial charge in [-0.2, -0.15) is 0 Å². The Labute approximate surface area is 135 Å². The van der Waals surface area contributed by atoms with E-state index in [1.165, 1.54) is 18.5 Å². The molecule has 2 aromatic rings. The van der Waals surface area contributed by atoms with Gasteiger partial charge in [-0.25, -0.2) is 0 Å². The number of pyridine rings is 1. The summed E-state index contributed by atoms with van der Waals surface area (Å²) in [6.07, 6.45) is 5.34. The summed E-state index contributed by atoms with van der Waals surface area (Å²) in [5.41, 5.74) is 0.715. The van der Waals surface area contributed by atoms with E-state index in [1.54, 1.807) is 18.4 Å². The Kier molecular flexibility index (Phi) is 5.91. The van der Waals surface area contributed by atoms with Crippen molar-refractivity contribution in [2.45, 2.75) is 26.8 Å². The van der Waals surface area contributed by atoms with Gasteiger partial charge in [0.25, 0.3) is 11.8 Å². The van der Waals surface area contributed by atoms with Crippen molar-refractivity contribution >= 4 is 11.8 Å². The molecule has 23 heavy (non-hydrogen) atoms. The van der Waals surface area contributed by atoms with Crippen LogP contribution >= 0.6 is 0 Å². The van der Waals surface area contributed by atoms with Gasteiger partial charge in [-0.3, -0.25) is 14.6 Å². The van der Waals surface area contributed by atoms with Crippen molar-refractivity contribution in [2.24, 2.45) is 5.92 Å². The molecule has 2 heterocycles. The van der Waals surface area contributed by atoms with E-state index in [4.69, 9.17) is 4.42 Å². The van der Waals surface area contributed by atoms with Gasteiger partial charge in [0.15, 0.2) is 0 Å². The lowest BCUT2D eigenvalue weighted by molar-refractivity contribution is 0.0947. The molecule has 6 nitrogen and oxygen atoms in total. The maximum Gasteiger partial charge on any atom is 0.253 e. The molecule has 0 spiro atoms. The van der Waals surface area contributed by atoms with E-state index in [0.717, 1.165) is 6.42 Å². The van der Waals surface area contributed by atoms with Crippen LogP contribution in [0.15, 0.2) is 41.3 Å². The zero-order valence-corrected chi connectivity index (χ0v) is 13.3. The summed E-state index contributed by atoms with van der Waals surface area (Å²) in [6.45, 7) is 5.08. The average molecular weight is 315 g/mol. The highest BCUT2D eigenvalue weighted by Crippen LogP contribution is 2.05. The van der Waals surface area contributed by atoms with Gasteiger partial charge in [-0.1, -0.05) is 13.8 Å². The van der Waals surface area contributed by atoms with E-state index in [2.05, 4.69) is 29.5 Å². The van der Waals surface area contributed by atoms with Crippen molar-refractivity contribution in [3.63, 3.8) is 0 Å². The second-order valence-electron chi connectivity index (χ2n) is 5.66. The number of hydrogen-bond donors (Lipinski definition) is 2. The zero-order valence-electron chi connectivity index (χ0n) is 13.3. The minimum atomic E-state index is -0.300. The van der Waals surface area contributed by atoms with Gasteiger partial charge in [-0.05, 0) is 30.5 Å². The Morgan fingerprint density at radius 1 is 1.17 bits per heavy atom. The van der Waals surface area contributed by atoms with Crippen LogP contribution < -0.4 is 10.6 Å². The minimum Gasteiger partial charge on any atom is -0.467 e. The Balaban J connectivity index is 1.92. The summed E-state index contributed by atoms with van der Waals surface area (Å²) in [4.78, 5) is 28.1. The highest BCUT2D eigenvalue weighted by Gasteiger charge is 2.11. The molecule has 2 amide bonds. The molecule has 0 unspecified atom stereocenters. The van der Waals surface area contributed by atoms with Gasteiger partial charge in [0.2, 0.25) is 0 Å². The molecule has 6 heteroatoms. The summed E-state index contributed by atoms with van der Waals surface area (Å²) < 4.78 is 5.15. The molecule has 0 fully saturated rings. The van der Waals surface area contributed by atoms with Crippen LogP contribution in [0.4, 0.5) is 0 Å². The van der Waals surface area contributed by atoms with Crippen molar-refractivity contribution < 1.29 is 14.0 Å². The predicted molar refractivity (Wildman–Crippen MR) is 85.9 cm³/mol. The second kappa shape index (κ2) is 8.12. The molecule has 2 rings (SSSR count). The molecule has 2 N–H and O–H groups in total. The molecule has 2 aromatic heterocycles. The number of nitrogens with zero attached hydrogens (tertiary/aromatic N) is 1. The van der Waals surface area contributed by atoms with E-state index in [9.17, 15) is 9.59 Å². The van der Waals surface area contributed by atoms with Gasteiger partial charge in [0, 0.05) is 18.9 Å².